The van der Waals surface area contributed by atoms with Gasteiger partial charge in [-0.05, 0) is 36.3 Å². The molecule has 0 aromatic carbocycles. The lowest BCUT2D eigenvalue weighted by Crippen LogP contribution is -2.28. The zero-order valence-corrected chi connectivity index (χ0v) is 9.63. The van der Waals surface area contributed by atoms with E-state index >= 15 is 0 Å². The van der Waals surface area contributed by atoms with Crippen molar-refractivity contribution in [1.29, 1.82) is 0 Å². The molecule has 1 N–H and O–H groups in total. The number of hydrogen-bond acceptors (Lipinski definition) is 2. The lowest BCUT2D eigenvalue weighted by molar-refractivity contribution is -0.133. The first-order chi connectivity index (χ1) is 7.56. The van der Waals surface area contributed by atoms with E-state index in [9.17, 15) is 13.2 Å². The summed E-state index contributed by atoms with van der Waals surface area (Å²) in [5.74, 6) is 0. The standard InChI is InChI=1S/C11H14F3NS/c12-11(13,14)5-6-15-9-2-1-3-10-8(9)4-7-16-10/h4,7,9,15H,1-3,5-6H2. The Labute approximate surface area is 96.7 Å². The van der Waals surface area contributed by atoms with Crippen LogP contribution in [0.1, 0.15) is 35.7 Å². The van der Waals surface area contributed by atoms with E-state index in [1.54, 1.807) is 11.3 Å². The number of halogens is 3. The first-order valence-corrected chi connectivity index (χ1v) is 6.30. The van der Waals surface area contributed by atoms with Crippen LogP contribution in [0.5, 0.6) is 0 Å². The summed E-state index contributed by atoms with van der Waals surface area (Å²) < 4.78 is 36.0. The fourth-order valence-corrected chi connectivity index (χ4v) is 3.07. The Bertz CT molecular complexity index is 345. The molecule has 1 aromatic heterocycles. The molecule has 1 aromatic rings. The van der Waals surface area contributed by atoms with Gasteiger partial charge in [-0.15, -0.1) is 11.3 Å². The lowest BCUT2D eigenvalue weighted by Gasteiger charge is -2.24. The summed E-state index contributed by atoms with van der Waals surface area (Å²) in [6.45, 7) is 0.0173. The van der Waals surface area contributed by atoms with E-state index in [1.165, 1.54) is 10.4 Å². The third-order valence-electron chi connectivity index (χ3n) is 2.85. The molecule has 1 aliphatic carbocycles. The van der Waals surface area contributed by atoms with Gasteiger partial charge in [0.25, 0.3) is 0 Å². The van der Waals surface area contributed by atoms with Gasteiger partial charge in [0.15, 0.2) is 0 Å². The second kappa shape index (κ2) is 4.75. The first kappa shape index (κ1) is 11.9. The monoisotopic (exact) mass is 249 g/mol. The van der Waals surface area contributed by atoms with Crippen LogP contribution in [0.2, 0.25) is 0 Å². The SMILES string of the molecule is FC(F)(F)CCNC1CCCc2sccc21. The minimum Gasteiger partial charge on any atom is -0.310 e. The molecule has 0 bridgehead atoms. The van der Waals surface area contributed by atoms with Gasteiger partial charge in [0.05, 0.1) is 6.42 Å². The molecule has 90 valence electrons. The number of thiophene rings is 1. The van der Waals surface area contributed by atoms with Gasteiger partial charge in [-0.2, -0.15) is 13.2 Å². The molecule has 1 unspecified atom stereocenters. The van der Waals surface area contributed by atoms with Crippen LogP contribution in [0.4, 0.5) is 13.2 Å². The summed E-state index contributed by atoms with van der Waals surface area (Å²) in [5, 5.41) is 5.03. The average molecular weight is 249 g/mol. The van der Waals surface area contributed by atoms with Gasteiger partial charge < -0.3 is 5.32 Å². The number of aryl methyl sites for hydroxylation is 1. The van der Waals surface area contributed by atoms with E-state index in [0.717, 1.165) is 19.3 Å². The molecule has 5 heteroatoms. The highest BCUT2D eigenvalue weighted by atomic mass is 32.1. The molecule has 1 heterocycles. The summed E-state index contributed by atoms with van der Waals surface area (Å²) in [6.07, 6.45) is -1.72. The fraction of sp³-hybridized carbons (Fsp3) is 0.636. The fourth-order valence-electron chi connectivity index (χ4n) is 2.09. The van der Waals surface area contributed by atoms with Crippen molar-refractivity contribution in [3.05, 3.63) is 21.9 Å². The maximum atomic E-state index is 12.0. The van der Waals surface area contributed by atoms with Gasteiger partial charge in [0, 0.05) is 17.5 Å². The molecule has 0 radical (unpaired) electrons. The van der Waals surface area contributed by atoms with Crippen LogP contribution in [-0.4, -0.2) is 12.7 Å². The Balaban J connectivity index is 1.88. The van der Waals surface area contributed by atoms with Crippen molar-refractivity contribution in [2.45, 2.75) is 37.9 Å². The molecule has 1 nitrogen and oxygen atoms in total. The van der Waals surface area contributed by atoms with E-state index in [4.69, 9.17) is 0 Å². The molecule has 16 heavy (non-hydrogen) atoms. The van der Waals surface area contributed by atoms with Crippen molar-refractivity contribution in [2.24, 2.45) is 0 Å². The Morgan fingerprint density at radius 1 is 1.44 bits per heavy atom. The van der Waals surface area contributed by atoms with E-state index in [-0.39, 0.29) is 12.6 Å². The Kier molecular flexibility index (Phi) is 3.54. The van der Waals surface area contributed by atoms with Crippen LogP contribution in [0, 0.1) is 0 Å². The maximum absolute atomic E-state index is 12.0. The van der Waals surface area contributed by atoms with Crippen LogP contribution in [-0.2, 0) is 6.42 Å². The molecule has 2 rings (SSSR count). The summed E-state index contributed by atoms with van der Waals surface area (Å²) in [5.41, 5.74) is 1.21. The van der Waals surface area contributed by atoms with Gasteiger partial charge in [-0.3, -0.25) is 0 Å². The topological polar surface area (TPSA) is 12.0 Å². The van der Waals surface area contributed by atoms with E-state index in [0.29, 0.717) is 0 Å². The molecule has 0 amide bonds. The predicted octanol–water partition coefficient (Wildman–Crippen LogP) is 3.67. The third kappa shape index (κ3) is 2.98. The van der Waals surface area contributed by atoms with Gasteiger partial charge >= 0.3 is 6.18 Å². The van der Waals surface area contributed by atoms with Gasteiger partial charge in [0.2, 0.25) is 0 Å². The van der Waals surface area contributed by atoms with Crippen molar-refractivity contribution in [3.63, 3.8) is 0 Å². The number of alkyl halides is 3. The van der Waals surface area contributed by atoms with Crippen molar-refractivity contribution >= 4 is 11.3 Å². The Hall–Kier alpha value is -0.550. The first-order valence-electron chi connectivity index (χ1n) is 5.43. The zero-order chi connectivity index (χ0) is 11.6. The Morgan fingerprint density at radius 2 is 2.25 bits per heavy atom. The largest absolute Gasteiger partial charge is 0.390 e. The number of fused-ring (bicyclic) bond motifs is 1. The lowest BCUT2D eigenvalue weighted by atomic mass is 9.94. The van der Waals surface area contributed by atoms with Crippen molar-refractivity contribution in [1.82, 2.24) is 5.32 Å². The summed E-state index contributed by atoms with van der Waals surface area (Å²) in [7, 11) is 0. The van der Waals surface area contributed by atoms with Crippen LogP contribution >= 0.6 is 11.3 Å². The van der Waals surface area contributed by atoms with Crippen LogP contribution in [0.3, 0.4) is 0 Å². The van der Waals surface area contributed by atoms with E-state index in [1.807, 2.05) is 11.4 Å². The molecule has 0 saturated carbocycles. The average Bonchev–Trinajstić information content (AvgIpc) is 2.64. The van der Waals surface area contributed by atoms with Gasteiger partial charge in [-0.1, -0.05) is 0 Å². The van der Waals surface area contributed by atoms with Crippen molar-refractivity contribution in [2.75, 3.05) is 6.54 Å². The molecule has 1 aliphatic rings. The van der Waals surface area contributed by atoms with Gasteiger partial charge in [-0.25, -0.2) is 0 Å². The summed E-state index contributed by atoms with van der Waals surface area (Å²) in [6, 6.07) is 2.15. The normalized spacial score (nSPS) is 20.8. The van der Waals surface area contributed by atoms with Crippen molar-refractivity contribution < 1.29 is 13.2 Å². The molecule has 0 fully saturated rings. The smallest absolute Gasteiger partial charge is 0.310 e. The molecular formula is C11H14F3NS. The molecule has 1 atom stereocenters. The predicted molar refractivity (Wildman–Crippen MR) is 58.7 cm³/mol. The van der Waals surface area contributed by atoms with Crippen LogP contribution in [0.15, 0.2) is 11.4 Å². The second-order valence-electron chi connectivity index (χ2n) is 4.06. The zero-order valence-electron chi connectivity index (χ0n) is 8.81. The molecule has 0 spiro atoms. The van der Waals surface area contributed by atoms with E-state index < -0.39 is 12.6 Å². The third-order valence-corrected chi connectivity index (χ3v) is 3.85. The maximum Gasteiger partial charge on any atom is 0.390 e. The van der Waals surface area contributed by atoms with Crippen LogP contribution < -0.4 is 5.32 Å². The van der Waals surface area contributed by atoms with Crippen molar-refractivity contribution in [3.8, 4) is 0 Å². The second-order valence-corrected chi connectivity index (χ2v) is 5.06. The highest BCUT2D eigenvalue weighted by molar-refractivity contribution is 7.10. The van der Waals surface area contributed by atoms with Gasteiger partial charge in [0.1, 0.15) is 0 Å². The van der Waals surface area contributed by atoms with E-state index in [2.05, 4.69) is 5.32 Å². The highest BCUT2D eigenvalue weighted by Crippen LogP contribution is 2.33. The number of nitrogens with one attached hydrogen (secondary N) is 1. The minimum absolute atomic E-state index is 0.0173. The number of rotatable bonds is 3. The Morgan fingerprint density at radius 3 is 3.00 bits per heavy atom. The van der Waals surface area contributed by atoms with Crippen LogP contribution in [0.25, 0.3) is 0 Å². The molecule has 0 saturated heterocycles. The highest BCUT2D eigenvalue weighted by Gasteiger charge is 2.27. The summed E-state index contributed by atoms with van der Waals surface area (Å²) >= 11 is 1.71. The summed E-state index contributed by atoms with van der Waals surface area (Å²) in [4.78, 5) is 1.33. The minimum atomic E-state index is -4.06. The molecule has 0 aliphatic heterocycles. The number of hydrogen-bond donors (Lipinski definition) is 1. The molecular weight excluding hydrogens is 235 g/mol. The quantitative estimate of drug-likeness (QED) is 0.862.